The molecule has 0 spiro atoms. The molecule has 0 bridgehead atoms. The highest BCUT2D eigenvalue weighted by atomic mass is 35.5. The molecule has 0 aliphatic carbocycles. The molecule has 0 radical (unpaired) electrons. The van der Waals surface area contributed by atoms with Crippen molar-refractivity contribution in [2.24, 2.45) is 0 Å². The van der Waals surface area contributed by atoms with Crippen LogP contribution in [0.2, 0.25) is 10.2 Å². The van der Waals surface area contributed by atoms with Gasteiger partial charge in [-0.15, -0.1) is 0 Å². The number of aryl methyl sites for hydroxylation is 1. The second kappa shape index (κ2) is 5.71. The topological polar surface area (TPSA) is 17.8 Å². The quantitative estimate of drug-likeness (QED) is 0.608. The van der Waals surface area contributed by atoms with E-state index in [-0.39, 0.29) is 16.4 Å². The van der Waals surface area contributed by atoms with E-state index < -0.39 is 11.6 Å². The van der Waals surface area contributed by atoms with Gasteiger partial charge in [0.1, 0.15) is 17.5 Å². The third-order valence-corrected chi connectivity index (χ3v) is 3.80. The van der Waals surface area contributed by atoms with Crippen LogP contribution in [-0.2, 0) is 0 Å². The molecule has 0 aliphatic rings. The van der Waals surface area contributed by atoms with Crippen LogP contribution in [0, 0.1) is 18.6 Å². The summed E-state index contributed by atoms with van der Waals surface area (Å²) in [6.07, 6.45) is 0. The Kier molecular flexibility index (Phi) is 3.89. The lowest BCUT2D eigenvalue weighted by Crippen LogP contribution is -2.02. The van der Waals surface area contributed by atoms with Gasteiger partial charge < -0.3 is 0 Å². The molecule has 0 fully saturated rings. The molecule has 2 nitrogen and oxygen atoms in total. The van der Waals surface area contributed by atoms with Crippen molar-refractivity contribution in [2.75, 3.05) is 0 Å². The number of hydrogen-bond acceptors (Lipinski definition) is 1. The van der Waals surface area contributed by atoms with Gasteiger partial charge in [0, 0.05) is 10.7 Å². The van der Waals surface area contributed by atoms with Gasteiger partial charge >= 0.3 is 0 Å². The normalized spacial score (nSPS) is 11.0. The van der Waals surface area contributed by atoms with Crippen molar-refractivity contribution in [1.82, 2.24) is 9.55 Å². The van der Waals surface area contributed by atoms with Crippen LogP contribution in [0.5, 0.6) is 0 Å². The van der Waals surface area contributed by atoms with Crippen LogP contribution in [-0.4, -0.2) is 9.55 Å². The molecule has 0 amide bonds. The predicted octanol–water partition coefficient (Wildman–Crippen LogP) is 5.43. The van der Waals surface area contributed by atoms with E-state index >= 15 is 0 Å². The standard InChI is InChI=1S/C16H10Cl2F2N2/c1-9-21-16(18)15(14-12(19)3-2-4-13(14)20)22(9)11-7-5-10(17)6-8-11/h2-8H,1H3. The van der Waals surface area contributed by atoms with Crippen LogP contribution in [0.4, 0.5) is 8.78 Å². The Balaban J connectivity index is 2.32. The smallest absolute Gasteiger partial charge is 0.155 e. The minimum absolute atomic E-state index is 0.0384. The van der Waals surface area contributed by atoms with E-state index in [0.29, 0.717) is 16.5 Å². The zero-order valence-electron chi connectivity index (χ0n) is 11.4. The van der Waals surface area contributed by atoms with E-state index in [9.17, 15) is 8.78 Å². The third-order valence-electron chi connectivity index (χ3n) is 3.29. The Morgan fingerprint density at radius 1 is 0.955 bits per heavy atom. The molecule has 0 saturated carbocycles. The molecule has 1 heterocycles. The van der Waals surface area contributed by atoms with Gasteiger partial charge in [-0.2, -0.15) is 0 Å². The molecule has 1 aromatic heterocycles. The Morgan fingerprint density at radius 2 is 1.55 bits per heavy atom. The zero-order valence-corrected chi connectivity index (χ0v) is 13.0. The first-order valence-corrected chi connectivity index (χ1v) is 7.20. The lowest BCUT2D eigenvalue weighted by Gasteiger charge is -2.12. The number of halogens is 4. The Morgan fingerprint density at radius 3 is 2.14 bits per heavy atom. The summed E-state index contributed by atoms with van der Waals surface area (Å²) in [7, 11) is 0. The number of rotatable bonds is 2. The van der Waals surface area contributed by atoms with Gasteiger partial charge in [-0.05, 0) is 43.3 Å². The lowest BCUT2D eigenvalue weighted by molar-refractivity contribution is 0.588. The average Bonchev–Trinajstić information content (AvgIpc) is 2.75. The number of imidazole rings is 1. The van der Waals surface area contributed by atoms with Crippen molar-refractivity contribution in [2.45, 2.75) is 6.92 Å². The maximum atomic E-state index is 14.1. The van der Waals surface area contributed by atoms with E-state index in [1.165, 1.54) is 18.2 Å². The zero-order chi connectivity index (χ0) is 15.9. The monoisotopic (exact) mass is 338 g/mol. The highest BCUT2D eigenvalue weighted by molar-refractivity contribution is 6.32. The molecule has 0 saturated heterocycles. The molecule has 6 heteroatoms. The van der Waals surface area contributed by atoms with Crippen molar-refractivity contribution < 1.29 is 8.78 Å². The molecule has 0 atom stereocenters. The van der Waals surface area contributed by atoms with E-state index in [1.54, 1.807) is 35.8 Å². The number of benzene rings is 2. The average molecular weight is 339 g/mol. The van der Waals surface area contributed by atoms with Gasteiger partial charge in [-0.3, -0.25) is 4.57 Å². The van der Waals surface area contributed by atoms with E-state index in [2.05, 4.69) is 4.98 Å². The predicted molar refractivity (Wildman–Crippen MR) is 83.7 cm³/mol. The van der Waals surface area contributed by atoms with Gasteiger partial charge in [0.05, 0.1) is 11.3 Å². The molecular weight excluding hydrogens is 329 g/mol. The van der Waals surface area contributed by atoms with E-state index in [4.69, 9.17) is 23.2 Å². The van der Waals surface area contributed by atoms with Crippen LogP contribution < -0.4 is 0 Å². The molecular formula is C16H10Cl2F2N2. The summed E-state index contributed by atoms with van der Waals surface area (Å²) >= 11 is 12.0. The van der Waals surface area contributed by atoms with Crippen LogP contribution in [0.25, 0.3) is 16.9 Å². The van der Waals surface area contributed by atoms with Gasteiger partial charge in [-0.25, -0.2) is 13.8 Å². The number of aromatic nitrogens is 2. The Hall–Kier alpha value is -1.91. The van der Waals surface area contributed by atoms with Crippen molar-refractivity contribution in [3.8, 4) is 16.9 Å². The minimum atomic E-state index is -0.697. The summed E-state index contributed by atoms with van der Waals surface area (Å²) in [6, 6.07) is 10.5. The summed E-state index contributed by atoms with van der Waals surface area (Å²) in [5.41, 5.74) is 0.638. The third kappa shape index (κ3) is 2.49. The maximum absolute atomic E-state index is 14.1. The van der Waals surface area contributed by atoms with Crippen molar-refractivity contribution >= 4 is 23.2 Å². The second-order valence-electron chi connectivity index (χ2n) is 4.71. The van der Waals surface area contributed by atoms with Crippen molar-refractivity contribution in [3.63, 3.8) is 0 Å². The fourth-order valence-electron chi connectivity index (χ4n) is 2.34. The number of nitrogens with zero attached hydrogens (tertiary/aromatic N) is 2. The lowest BCUT2D eigenvalue weighted by atomic mass is 10.1. The van der Waals surface area contributed by atoms with Gasteiger partial charge in [-0.1, -0.05) is 29.3 Å². The van der Waals surface area contributed by atoms with Crippen LogP contribution in [0.3, 0.4) is 0 Å². The summed E-state index contributed by atoms with van der Waals surface area (Å²) in [5, 5.41) is 0.600. The summed E-state index contributed by atoms with van der Waals surface area (Å²) < 4.78 is 29.8. The van der Waals surface area contributed by atoms with Crippen LogP contribution in [0.1, 0.15) is 5.82 Å². The Bertz CT molecular complexity index is 822. The van der Waals surface area contributed by atoms with E-state index in [0.717, 1.165) is 0 Å². The van der Waals surface area contributed by atoms with Crippen molar-refractivity contribution in [3.05, 3.63) is 70.1 Å². The molecule has 0 N–H and O–H groups in total. The van der Waals surface area contributed by atoms with Crippen LogP contribution >= 0.6 is 23.2 Å². The molecule has 2 aromatic carbocycles. The Labute approximate surface area is 135 Å². The highest BCUT2D eigenvalue weighted by Crippen LogP contribution is 2.35. The van der Waals surface area contributed by atoms with Gasteiger partial charge in [0.2, 0.25) is 0 Å². The highest BCUT2D eigenvalue weighted by Gasteiger charge is 2.22. The fraction of sp³-hybridized carbons (Fsp3) is 0.0625. The molecule has 3 rings (SSSR count). The molecule has 3 aromatic rings. The maximum Gasteiger partial charge on any atom is 0.155 e. The van der Waals surface area contributed by atoms with Crippen molar-refractivity contribution in [1.29, 1.82) is 0 Å². The number of hydrogen-bond donors (Lipinski definition) is 0. The fourth-order valence-corrected chi connectivity index (χ4v) is 2.77. The summed E-state index contributed by atoms with van der Waals surface area (Å²) in [4.78, 5) is 4.13. The SMILES string of the molecule is Cc1nc(Cl)c(-c2c(F)cccc2F)n1-c1ccc(Cl)cc1. The molecule has 22 heavy (non-hydrogen) atoms. The first-order valence-electron chi connectivity index (χ1n) is 6.44. The molecule has 0 unspecified atom stereocenters. The first-order chi connectivity index (χ1) is 10.5. The van der Waals surface area contributed by atoms with E-state index in [1.807, 2.05) is 0 Å². The summed E-state index contributed by atoms with van der Waals surface area (Å²) in [6.45, 7) is 1.71. The molecule has 112 valence electrons. The largest absolute Gasteiger partial charge is 0.295 e. The first kappa shape index (κ1) is 15.0. The van der Waals surface area contributed by atoms with Gasteiger partial charge in [0.25, 0.3) is 0 Å². The summed E-state index contributed by atoms with van der Waals surface area (Å²) in [5.74, 6) is -0.876. The molecule has 0 aliphatic heterocycles. The minimum Gasteiger partial charge on any atom is -0.295 e. The van der Waals surface area contributed by atoms with Gasteiger partial charge in [0.15, 0.2) is 5.15 Å². The second-order valence-corrected chi connectivity index (χ2v) is 5.50. The van der Waals surface area contributed by atoms with Crippen LogP contribution in [0.15, 0.2) is 42.5 Å².